The van der Waals surface area contributed by atoms with Crippen molar-refractivity contribution in [3.63, 3.8) is 0 Å². The van der Waals surface area contributed by atoms with Crippen LogP contribution in [0.4, 0.5) is 0 Å². The summed E-state index contributed by atoms with van der Waals surface area (Å²) in [7, 11) is 0. The highest BCUT2D eigenvalue weighted by molar-refractivity contribution is 5.76. The first-order valence-electron chi connectivity index (χ1n) is 9.52. The Kier molecular flexibility index (Phi) is 6.67. The normalized spacial score (nSPS) is 20.8. The van der Waals surface area contributed by atoms with Gasteiger partial charge in [-0.15, -0.1) is 0 Å². The molecule has 1 saturated carbocycles. The minimum atomic E-state index is 0.142. The van der Waals surface area contributed by atoms with E-state index in [9.17, 15) is 4.79 Å². The fourth-order valence-corrected chi connectivity index (χ4v) is 3.98. The Morgan fingerprint density at radius 2 is 1.96 bits per heavy atom. The summed E-state index contributed by atoms with van der Waals surface area (Å²) in [5, 5.41) is 5.12. The summed E-state index contributed by atoms with van der Waals surface area (Å²) in [6, 6.07) is 10.7. The Balaban J connectivity index is 1.48. The number of nitrogens with zero attached hydrogens (tertiary/aromatic N) is 1. The molecular weight excluding hydrogens is 300 g/mol. The van der Waals surface area contributed by atoms with E-state index in [1.807, 2.05) is 5.06 Å². The number of amides is 1. The number of carbonyl (C=O) groups is 1. The molecule has 2 fully saturated rings. The van der Waals surface area contributed by atoms with Crippen LogP contribution >= 0.6 is 0 Å². The van der Waals surface area contributed by atoms with Crippen molar-refractivity contribution in [1.82, 2.24) is 10.4 Å². The molecule has 1 aliphatic carbocycles. The van der Waals surface area contributed by atoms with E-state index >= 15 is 0 Å². The second-order valence-corrected chi connectivity index (χ2v) is 7.09. The van der Waals surface area contributed by atoms with Gasteiger partial charge in [0.2, 0.25) is 5.91 Å². The summed E-state index contributed by atoms with van der Waals surface area (Å²) in [4.78, 5) is 17.8. The summed E-state index contributed by atoms with van der Waals surface area (Å²) in [5.41, 5.74) is 1.36. The molecule has 1 saturated heterocycles. The molecule has 1 aromatic carbocycles. The van der Waals surface area contributed by atoms with Gasteiger partial charge in [-0.05, 0) is 37.2 Å². The maximum atomic E-state index is 12.2. The Morgan fingerprint density at radius 1 is 1.17 bits per heavy atom. The number of hydrogen-bond acceptors (Lipinski definition) is 3. The molecule has 24 heavy (non-hydrogen) atoms. The van der Waals surface area contributed by atoms with Gasteiger partial charge in [0.05, 0.1) is 6.61 Å². The zero-order valence-corrected chi connectivity index (χ0v) is 14.6. The van der Waals surface area contributed by atoms with E-state index in [-0.39, 0.29) is 5.91 Å². The van der Waals surface area contributed by atoms with Gasteiger partial charge >= 0.3 is 0 Å². The average Bonchev–Trinajstić information content (AvgIpc) is 3.16. The van der Waals surface area contributed by atoms with E-state index in [4.69, 9.17) is 4.84 Å². The van der Waals surface area contributed by atoms with Gasteiger partial charge < -0.3 is 5.32 Å². The molecule has 1 aliphatic heterocycles. The van der Waals surface area contributed by atoms with Crippen molar-refractivity contribution in [1.29, 1.82) is 0 Å². The lowest BCUT2D eigenvalue weighted by atomic mass is 9.85. The highest BCUT2D eigenvalue weighted by Crippen LogP contribution is 2.36. The van der Waals surface area contributed by atoms with Crippen molar-refractivity contribution in [3.05, 3.63) is 35.9 Å². The summed E-state index contributed by atoms with van der Waals surface area (Å²) >= 11 is 0. The van der Waals surface area contributed by atoms with Crippen LogP contribution in [-0.2, 0) is 9.63 Å². The van der Waals surface area contributed by atoms with E-state index in [0.717, 1.165) is 26.1 Å². The third-order valence-corrected chi connectivity index (χ3v) is 5.38. The lowest BCUT2D eigenvalue weighted by Gasteiger charge is -2.26. The van der Waals surface area contributed by atoms with Crippen molar-refractivity contribution in [2.24, 2.45) is 5.92 Å². The van der Waals surface area contributed by atoms with Gasteiger partial charge in [-0.1, -0.05) is 43.2 Å². The number of hydroxylamine groups is 2. The van der Waals surface area contributed by atoms with Gasteiger partial charge in [0.25, 0.3) is 0 Å². The van der Waals surface area contributed by atoms with Crippen LogP contribution in [0.2, 0.25) is 0 Å². The second kappa shape index (κ2) is 9.19. The molecule has 3 rings (SSSR count). The lowest BCUT2D eigenvalue weighted by molar-refractivity contribution is -0.181. The van der Waals surface area contributed by atoms with Gasteiger partial charge in [0.15, 0.2) is 0 Å². The van der Waals surface area contributed by atoms with Crippen LogP contribution in [-0.4, -0.2) is 37.2 Å². The summed E-state index contributed by atoms with van der Waals surface area (Å²) in [5.74, 6) is 1.30. The molecule has 1 atom stereocenters. The maximum Gasteiger partial charge on any atom is 0.221 e. The van der Waals surface area contributed by atoms with Gasteiger partial charge in [-0.2, -0.15) is 5.06 Å². The third kappa shape index (κ3) is 5.05. The van der Waals surface area contributed by atoms with Crippen molar-refractivity contribution in [3.8, 4) is 0 Å². The van der Waals surface area contributed by atoms with E-state index in [2.05, 4.69) is 35.6 Å². The highest BCUT2D eigenvalue weighted by atomic mass is 16.7. The lowest BCUT2D eigenvalue weighted by Crippen LogP contribution is -2.36. The largest absolute Gasteiger partial charge is 0.355 e. The number of hydrogen-bond donors (Lipinski definition) is 1. The monoisotopic (exact) mass is 330 g/mol. The molecule has 132 valence electrons. The predicted octanol–water partition coefficient (Wildman–Crippen LogP) is 3.49. The molecule has 1 aromatic rings. The maximum absolute atomic E-state index is 12.2. The van der Waals surface area contributed by atoms with Gasteiger partial charge in [0.1, 0.15) is 0 Å². The van der Waals surface area contributed by atoms with Crippen LogP contribution in [0, 0.1) is 5.92 Å². The summed E-state index contributed by atoms with van der Waals surface area (Å²) in [6.07, 6.45) is 8.05. The van der Waals surface area contributed by atoms with Crippen LogP contribution < -0.4 is 5.32 Å². The first-order chi connectivity index (χ1) is 11.8. The quantitative estimate of drug-likeness (QED) is 0.832. The summed E-state index contributed by atoms with van der Waals surface area (Å²) < 4.78 is 0. The topological polar surface area (TPSA) is 41.6 Å². The van der Waals surface area contributed by atoms with Crippen molar-refractivity contribution in [2.75, 3.05) is 26.2 Å². The average molecular weight is 330 g/mol. The molecule has 4 nitrogen and oxygen atoms in total. The standard InChI is InChI=1S/C20H30N2O2/c23-20(12-14-22-13-6-7-15-24-22)21-16-19(18-10-4-5-11-18)17-8-2-1-3-9-17/h1-3,8-9,18-19H,4-7,10-16H2,(H,21,23)/t19-/m1/s1. The van der Waals surface area contributed by atoms with Crippen LogP contribution in [0.5, 0.6) is 0 Å². The zero-order chi connectivity index (χ0) is 16.6. The molecule has 2 aliphatic rings. The molecule has 0 unspecified atom stereocenters. The van der Waals surface area contributed by atoms with Crippen molar-refractivity contribution in [2.45, 2.75) is 50.9 Å². The van der Waals surface area contributed by atoms with Crippen molar-refractivity contribution < 1.29 is 9.63 Å². The number of benzene rings is 1. The summed E-state index contributed by atoms with van der Waals surface area (Å²) in [6.45, 7) is 3.20. The molecular formula is C20H30N2O2. The van der Waals surface area contributed by atoms with Gasteiger partial charge in [-0.25, -0.2) is 0 Å². The van der Waals surface area contributed by atoms with Gasteiger partial charge in [0, 0.05) is 32.0 Å². The van der Waals surface area contributed by atoms with Crippen LogP contribution in [0.25, 0.3) is 0 Å². The van der Waals surface area contributed by atoms with Gasteiger partial charge in [-0.3, -0.25) is 9.63 Å². The SMILES string of the molecule is O=C(CCN1CCCCO1)NC[C@H](c1ccccc1)C1CCCC1. The predicted molar refractivity (Wildman–Crippen MR) is 95.5 cm³/mol. The first-order valence-corrected chi connectivity index (χ1v) is 9.52. The number of carbonyl (C=O) groups excluding carboxylic acids is 1. The number of nitrogens with one attached hydrogen (secondary N) is 1. The molecule has 4 heteroatoms. The Labute approximate surface area is 145 Å². The van der Waals surface area contributed by atoms with Crippen LogP contribution in [0.3, 0.4) is 0 Å². The molecule has 1 N–H and O–H groups in total. The highest BCUT2D eigenvalue weighted by Gasteiger charge is 2.26. The molecule has 1 heterocycles. The smallest absolute Gasteiger partial charge is 0.221 e. The fourth-order valence-electron chi connectivity index (χ4n) is 3.98. The van der Waals surface area contributed by atoms with E-state index in [1.165, 1.54) is 37.7 Å². The van der Waals surface area contributed by atoms with Crippen LogP contribution in [0.15, 0.2) is 30.3 Å². The van der Waals surface area contributed by atoms with Crippen molar-refractivity contribution >= 4 is 5.91 Å². The molecule has 0 bridgehead atoms. The Bertz CT molecular complexity index is 494. The third-order valence-electron chi connectivity index (χ3n) is 5.38. The Hall–Kier alpha value is -1.39. The molecule has 0 aromatic heterocycles. The minimum Gasteiger partial charge on any atom is -0.355 e. The Morgan fingerprint density at radius 3 is 2.67 bits per heavy atom. The molecule has 1 amide bonds. The van der Waals surface area contributed by atoms with E-state index in [0.29, 0.717) is 24.8 Å². The fraction of sp³-hybridized carbons (Fsp3) is 0.650. The van der Waals surface area contributed by atoms with E-state index in [1.54, 1.807) is 0 Å². The van der Waals surface area contributed by atoms with E-state index < -0.39 is 0 Å². The first kappa shape index (κ1) is 17.4. The second-order valence-electron chi connectivity index (χ2n) is 7.09. The van der Waals surface area contributed by atoms with Crippen LogP contribution in [0.1, 0.15) is 56.4 Å². The minimum absolute atomic E-state index is 0.142. The zero-order valence-electron chi connectivity index (χ0n) is 14.6. The molecule has 0 spiro atoms. The molecule has 0 radical (unpaired) electrons. The number of rotatable bonds is 7.